The number of carboxylic acid groups (broad SMARTS) is 2. The molecular weight excluding hydrogens is 451 g/mol. The van der Waals surface area contributed by atoms with Crippen LogP contribution in [-0.4, -0.2) is 73.3 Å². The van der Waals surface area contributed by atoms with Crippen LogP contribution >= 0.6 is 0 Å². The second kappa shape index (κ2) is 8.07. The van der Waals surface area contributed by atoms with Crippen molar-refractivity contribution in [2.24, 2.45) is 0 Å². The predicted octanol–water partition coefficient (Wildman–Crippen LogP) is -1.68. The van der Waals surface area contributed by atoms with Crippen LogP contribution in [0.4, 0.5) is 0 Å². The van der Waals surface area contributed by atoms with Gasteiger partial charge in [0.25, 0.3) is 0 Å². The number of nitrogens with one attached hydrogen (secondary N) is 2. The summed E-state index contributed by atoms with van der Waals surface area (Å²) >= 11 is 0. The van der Waals surface area contributed by atoms with Crippen molar-refractivity contribution in [1.29, 1.82) is 0 Å². The third-order valence-electron chi connectivity index (χ3n) is 2.59. The quantitative estimate of drug-likeness (QED) is 0.360. The zero-order valence-corrected chi connectivity index (χ0v) is 13.9. The summed E-state index contributed by atoms with van der Waals surface area (Å²) in [4.78, 5) is 41.0. The minimum Gasteiger partial charge on any atom is -0.480 e. The second-order valence-electron chi connectivity index (χ2n) is 3.99. The predicted molar refractivity (Wildman–Crippen MR) is 63.4 cm³/mol. The SMILES string of the molecule is O=C1CCC(C(=O)O)N1.O=C1CCC(C(=O)O)N1.[Pb]. The van der Waals surface area contributed by atoms with Crippen molar-refractivity contribution < 1.29 is 29.4 Å². The van der Waals surface area contributed by atoms with E-state index in [1.165, 1.54) is 0 Å². The zero-order valence-electron chi connectivity index (χ0n) is 10.0. The van der Waals surface area contributed by atoms with E-state index in [0.717, 1.165) is 0 Å². The van der Waals surface area contributed by atoms with Gasteiger partial charge in [-0.25, -0.2) is 9.59 Å². The molecule has 0 aromatic carbocycles. The Morgan fingerprint density at radius 2 is 1.21 bits per heavy atom. The van der Waals surface area contributed by atoms with E-state index < -0.39 is 24.0 Å². The molecule has 2 unspecified atom stereocenters. The molecule has 2 aliphatic heterocycles. The van der Waals surface area contributed by atoms with Crippen molar-refractivity contribution in [3.63, 3.8) is 0 Å². The van der Waals surface area contributed by atoms with E-state index in [1.807, 2.05) is 0 Å². The van der Waals surface area contributed by atoms with Crippen LogP contribution in [0.3, 0.4) is 0 Å². The average Bonchev–Trinajstić information content (AvgIpc) is 2.88. The summed E-state index contributed by atoms with van der Waals surface area (Å²) in [5.41, 5.74) is 0. The molecule has 0 aromatic heterocycles. The van der Waals surface area contributed by atoms with Crippen molar-refractivity contribution in [3.05, 3.63) is 0 Å². The smallest absolute Gasteiger partial charge is 0.326 e. The van der Waals surface area contributed by atoms with Gasteiger partial charge in [-0.05, 0) is 12.8 Å². The number of hydrogen-bond donors (Lipinski definition) is 4. The van der Waals surface area contributed by atoms with Crippen LogP contribution in [0.25, 0.3) is 0 Å². The molecule has 2 heterocycles. The molecule has 0 aliphatic carbocycles. The monoisotopic (exact) mass is 466 g/mol. The topological polar surface area (TPSA) is 133 Å². The van der Waals surface area contributed by atoms with Crippen LogP contribution in [-0.2, 0) is 19.2 Å². The Hall–Kier alpha value is -1.20. The molecule has 2 amide bonds. The molecule has 0 saturated carbocycles. The first kappa shape index (κ1) is 17.8. The first-order chi connectivity index (χ1) is 8.40. The molecule has 104 valence electrons. The van der Waals surface area contributed by atoms with Gasteiger partial charge in [0.05, 0.1) is 0 Å². The molecule has 0 bridgehead atoms. The molecule has 2 rings (SSSR count). The van der Waals surface area contributed by atoms with Crippen LogP contribution in [0.1, 0.15) is 25.7 Å². The summed E-state index contributed by atoms with van der Waals surface area (Å²) in [5, 5.41) is 21.3. The number of amides is 2. The maximum atomic E-state index is 10.4. The van der Waals surface area contributed by atoms with Crippen molar-refractivity contribution in [1.82, 2.24) is 10.6 Å². The number of carbonyl (C=O) groups is 4. The van der Waals surface area contributed by atoms with E-state index in [1.54, 1.807) is 0 Å². The summed E-state index contributed by atoms with van der Waals surface area (Å²) in [6.07, 6.45) is 1.54. The van der Waals surface area contributed by atoms with E-state index >= 15 is 0 Å². The maximum absolute atomic E-state index is 10.4. The van der Waals surface area contributed by atoms with Crippen molar-refractivity contribution >= 4 is 51.1 Å². The van der Waals surface area contributed by atoms with E-state index in [4.69, 9.17) is 10.2 Å². The second-order valence-corrected chi connectivity index (χ2v) is 3.99. The van der Waals surface area contributed by atoms with Gasteiger partial charge in [0.15, 0.2) is 0 Å². The maximum Gasteiger partial charge on any atom is 0.326 e. The molecule has 19 heavy (non-hydrogen) atoms. The Labute approximate surface area is 129 Å². The molecule has 2 fully saturated rings. The molecule has 0 spiro atoms. The van der Waals surface area contributed by atoms with Crippen molar-refractivity contribution in [2.75, 3.05) is 0 Å². The molecular formula is C10H14N2O6Pb. The van der Waals surface area contributed by atoms with E-state index in [-0.39, 0.29) is 39.1 Å². The third kappa shape index (κ3) is 5.98. The largest absolute Gasteiger partial charge is 0.480 e. The van der Waals surface area contributed by atoms with Crippen LogP contribution in [0.5, 0.6) is 0 Å². The van der Waals surface area contributed by atoms with Gasteiger partial charge in [-0.15, -0.1) is 0 Å². The van der Waals surface area contributed by atoms with Gasteiger partial charge in [0.1, 0.15) is 12.1 Å². The average molecular weight is 465 g/mol. The van der Waals surface area contributed by atoms with E-state index in [2.05, 4.69) is 10.6 Å². The normalized spacial score (nSPS) is 24.4. The van der Waals surface area contributed by atoms with E-state index in [9.17, 15) is 19.2 Å². The van der Waals surface area contributed by atoms with Crippen LogP contribution in [0.15, 0.2) is 0 Å². The molecule has 4 radical (unpaired) electrons. The third-order valence-corrected chi connectivity index (χ3v) is 2.59. The molecule has 9 heteroatoms. The summed E-state index contributed by atoms with van der Waals surface area (Å²) in [6, 6.07) is -1.28. The van der Waals surface area contributed by atoms with Crippen molar-refractivity contribution in [2.45, 2.75) is 37.8 Å². The van der Waals surface area contributed by atoms with Crippen LogP contribution in [0, 0.1) is 0 Å². The molecule has 2 atom stereocenters. The molecule has 4 N–H and O–H groups in total. The number of hydrogen-bond acceptors (Lipinski definition) is 4. The zero-order chi connectivity index (χ0) is 13.7. The minimum absolute atomic E-state index is 0. The van der Waals surface area contributed by atoms with Gasteiger partial charge in [-0.2, -0.15) is 0 Å². The summed E-state index contributed by atoms with van der Waals surface area (Å²) in [7, 11) is 0. The standard InChI is InChI=1S/2C5H7NO3.Pb/c2*7-4-2-1-3(6-4)5(8)9;/h2*3H,1-2H2,(H,6,7)(H,8,9);. The van der Waals surface area contributed by atoms with Gasteiger partial charge in [0, 0.05) is 40.1 Å². The number of rotatable bonds is 2. The number of carbonyl (C=O) groups excluding carboxylic acids is 2. The summed E-state index contributed by atoms with van der Waals surface area (Å²) in [5.74, 6) is -2.22. The van der Waals surface area contributed by atoms with Gasteiger partial charge in [-0.3, -0.25) is 9.59 Å². The molecule has 8 nitrogen and oxygen atoms in total. The van der Waals surface area contributed by atoms with Gasteiger partial charge in [-0.1, -0.05) is 0 Å². The fourth-order valence-electron chi connectivity index (χ4n) is 1.60. The Bertz CT molecular complexity index is 350. The Morgan fingerprint density at radius 3 is 1.32 bits per heavy atom. The van der Waals surface area contributed by atoms with Gasteiger partial charge < -0.3 is 20.8 Å². The van der Waals surface area contributed by atoms with Crippen molar-refractivity contribution in [3.8, 4) is 0 Å². The summed E-state index contributed by atoms with van der Waals surface area (Å²) in [6.45, 7) is 0. The van der Waals surface area contributed by atoms with Crippen LogP contribution in [0.2, 0.25) is 0 Å². The number of aliphatic carboxylic acids is 2. The first-order valence-electron chi connectivity index (χ1n) is 5.44. The Morgan fingerprint density at radius 1 is 0.895 bits per heavy atom. The minimum atomic E-state index is -0.944. The molecule has 0 aromatic rings. The molecule has 2 saturated heterocycles. The van der Waals surface area contributed by atoms with Gasteiger partial charge >= 0.3 is 11.9 Å². The van der Waals surface area contributed by atoms with Crippen LogP contribution < -0.4 is 10.6 Å². The van der Waals surface area contributed by atoms with Gasteiger partial charge in [0.2, 0.25) is 11.8 Å². The Kier molecular flexibility index (Phi) is 7.56. The number of carboxylic acids is 2. The van der Waals surface area contributed by atoms with E-state index in [0.29, 0.717) is 25.7 Å². The first-order valence-corrected chi connectivity index (χ1v) is 5.44. The summed E-state index contributed by atoms with van der Waals surface area (Å²) < 4.78 is 0. The Balaban J connectivity index is 0.000000324. The fraction of sp³-hybridized carbons (Fsp3) is 0.600. The molecule has 2 aliphatic rings. The fourth-order valence-corrected chi connectivity index (χ4v) is 1.60.